The van der Waals surface area contributed by atoms with E-state index in [0.717, 1.165) is 23.9 Å². The molecule has 0 saturated carbocycles. The third-order valence-electron chi connectivity index (χ3n) is 3.53. The van der Waals surface area contributed by atoms with Crippen LogP contribution in [0.25, 0.3) is 0 Å². The number of ether oxygens (including phenoxy) is 2. The van der Waals surface area contributed by atoms with Crippen molar-refractivity contribution >= 4 is 27.6 Å². The molecule has 20 heavy (non-hydrogen) atoms. The van der Waals surface area contributed by atoms with E-state index in [1.54, 1.807) is 26.4 Å². The Balaban J connectivity index is 2.20. The summed E-state index contributed by atoms with van der Waals surface area (Å²) in [6.07, 6.45) is 2.11. The van der Waals surface area contributed by atoms with E-state index in [1.165, 1.54) is 0 Å². The number of halogens is 1. The van der Waals surface area contributed by atoms with Crippen LogP contribution in [-0.4, -0.2) is 37.7 Å². The molecule has 6 heteroatoms. The highest BCUT2D eigenvalue weighted by Gasteiger charge is 2.25. The lowest BCUT2D eigenvalue weighted by atomic mass is 10.2. The zero-order valence-corrected chi connectivity index (χ0v) is 13.5. The van der Waals surface area contributed by atoms with Gasteiger partial charge >= 0.3 is 6.03 Å². The Kier molecular flexibility index (Phi) is 4.75. The molecule has 0 bridgehead atoms. The first-order chi connectivity index (χ1) is 9.56. The van der Waals surface area contributed by atoms with E-state index in [4.69, 9.17) is 9.47 Å². The van der Waals surface area contributed by atoms with Crippen LogP contribution in [0.5, 0.6) is 11.5 Å². The minimum absolute atomic E-state index is 0.0923. The van der Waals surface area contributed by atoms with Crippen LogP contribution in [0.4, 0.5) is 10.5 Å². The molecule has 1 aliphatic rings. The van der Waals surface area contributed by atoms with Crippen LogP contribution in [0.15, 0.2) is 16.6 Å². The summed E-state index contributed by atoms with van der Waals surface area (Å²) in [6.45, 7) is 2.86. The minimum Gasteiger partial charge on any atom is -0.495 e. The molecule has 2 rings (SSSR count). The molecule has 2 amide bonds. The smallest absolute Gasteiger partial charge is 0.322 e. The summed E-state index contributed by atoms with van der Waals surface area (Å²) in [5.41, 5.74) is 0.629. The van der Waals surface area contributed by atoms with Gasteiger partial charge in [0.05, 0.1) is 24.4 Å². The van der Waals surface area contributed by atoms with Gasteiger partial charge in [-0.25, -0.2) is 4.79 Å². The second-order valence-electron chi connectivity index (χ2n) is 4.80. The van der Waals surface area contributed by atoms with Crippen LogP contribution in [0, 0.1) is 0 Å². The van der Waals surface area contributed by atoms with Crippen LogP contribution in [0.1, 0.15) is 19.8 Å². The van der Waals surface area contributed by atoms with Crippen molar-refractivity contribution in [1.82, 2.24) is 4.90 Å². The number of anilines is 1. The molecule has 1 heterocycles. The lowest BCUT2D eigenvalue weighted by Gasteiger charge is -2.22. The number of rotatable bonds is 3. The average Bonchev–Trinajstić information content (AvgIpc) is 2.85. The fourth-order valence-electron chi connectivity index (χ4n) is 2.38. The van der Waals surface area contributed by atoms with Crippen molar-refractivity contribution in [3.63, 3.8) is 0 Å². The Morgan fingerprint density at radius 3 is 2.60 bits per heavy atom. The summed E-state index contributed by atoms with van der Waals surface area (Å²) < 4.78 is 11.3. The van der Waals surface area contributed by atoms with Gasteiger partial charge in [-0.3, -0.25) is 0 Å². The number of hydrogen-bond acceptors (Lipinski definition) is 3. The number of carbonyl (C=O) groups is 1. The molecule has 1 saturated heterocycles. The fraction of sp³-hybridized carbons (Fsp3) is 0.500. The molecule has 1 aromatic carbocycles. The SMILES string of the molecule is COc1cc(OC)c(NC(=O)N2CCC[C@@H]2C)cc1Br. The normalized spacial score (nSPS) is 18.0. The molecule has 0 spiro atoms. The largest absolute Gasteiger partial charge is 0.495 e. The molecule has 1 fully saturated rings. The zero-order chi connectivity index (χ0) is 14.7. The number of urea groups is 1. The van der Waals surface area contributed by atoms with Gasteiger partial charge in [-0.1, -0.05) is 0 Å². The second kappa shape index (κ2) is 6.35. The standard InChI is InChI=1S/C14H19BrN2O3/c1-9-5-4-6-17(9)14(18)16-11-7-10(15)12(19-2)8-13(11)20-3/h7-9H,4-6H2,1-3H3,(H,16,18)/t9-/m0/s1. The Morgan fingerprint density at radius 2 is 2.05 bits per heavy atom. The lowest BCUT2D eigenvalue weighted by molar-refractivity contribution is 0.210. The van der Waals surface area contributed by atoms with E-state index in [1.807, 2.05) is 4.90 Å². The summed E-state index contributed by atoms with van der Waals surface area (Å²) in [5.74, 6) is 1.24. The third kappa shape index (κ3) is 3.00. The molecular formula is C14H19BrN2O3. The van der Waals surface area contributed by atoms with Gasteiger partial charge in [0.25, 0.3) is 0 Å². The number of nitrogens with zero attached hydrogens (tertiary/aromatic N) is 1. The summed E-state index contributed by atoms with van der Waals surface area (Å²) in [5, 5.41) is 2.90. The Morgan fingerprint density at radius 1 is 1.35 bits per heavy atom. The zero-order valence-electron chi connectivity index (χ0n) is 11.9. The number of hydrogen-bond donors (Lipinski definition) is 1. The molecule has 110 valence electrons. The maximum absolute atomic E-state index is 12.3. The molecule has 1 atom stereocenters. The van der Waals surface area contributed by atoms with Gasteiger partial charge in [0, 0.05) is 18.7 Å². The van der Waals surface area contributed by atoms with Gasteiger partial charge in [-0.05, 0) is 41.8 Å². The van der Waals surface area contributed by atoms with Crippen LogP contribution in [0.2, 0.25) is 0 Å². The summed E-state index contributed by atoms with van der Waals surface area (Å²) in [4.78, 5) is 14.1. The van der Waals surface area contributed by atoms with Crippen molar-refractivity contribution < 1.29 is 14.3 Å². The molecule has 5 nitrogen and oxygen atoms in total. The number of nitrogens with one attached hydrogen (secondary N) is 1. The third-order valence-corrected chi connectivity index (χ3v) is 4.15. The number of carbonyl (C=O) groups excluding carboxylic acids is 1. The van der Waals surface area contributed by atoms with Crippen molar-refractivity contribution in [2.45, 2.75) is 25.8 Å². The molecule has 1 N–H and O–H groups in total. The quantitative estimate of drug-likeness (QED) is 0.914. The second-order valence-corrected chi connectivity index (χ2v) is 5.66. The summed E-state index contributed by atoms with van der Waals surface area (Å²) >= 11 is 3.41. The van der Waals surface area contributed by atoms with Gasteiger partial charge in [0.2, 0.25) is 0 Å². The minimum atomic E-state index is -0.0923. The van der Waals surface area contributed by atoms with Gasteiger partial charge in [-0.15, -0.1) is 0 Å². The van der Waals surface area contributed by atoms with E-state index in [-0.39, 0.29) is 12.1 Å². The lowest BCUT2D eigenvalue weighted by Crippen LogP contribution is -2.37. The number of amides is 2. The number of methoxy groups -OCH3 is 2. The highest BCUT2D eigenvalue weighted by atomic mass is 79.9. The highest BCUT2D eigenvalue weighted by molar-refractivity contribution is 9.10. The first-order valence-corrected chi connectivity index (χ1v) is 7.35. The van der Waals surface area contributed by atoms with Gasteiger partial charge in [0.15, 0.2) is 0 Å². The first-order valence-electron chi connectivity index (χ1n) is 6.56. The van der Waals surface area contributed by atoms with Gasteiger partial charge < -0.3 is 19.7 Å². The monoisotopic (exact) mass is 342 g/mol. The first kappa shape index (κ1) is 15.0. The summed E-state index contributed by atoms with van der Waals surface area (Å²) in [7, 11) is 3.15. The Labute approximate surface area is 127 Å². The van der Waals surface area contributed by atoms with Crippen molar-refractivity contribution in [1.29, 1.82) is 0 Å². The van der Waals surface area contributed by atoms with Crippen molar-refractivity contribution in [2.24, 2.45) is 0 Å². The number of benzene rings is 1. The van der Waals surface area contributed by atoms with Gasteiger partial charge in [-0.2, -0.15) is 0 Å². The molecule has 0 aromatic heterocycles. The van der Waals surface area contributed by atoms with Crippen molar-refractivity contribution in [3.8, 4) is 11.5 Å². The van der Waals surface area contributed by atoms with Crippen LogP contribution >= 0.6 is 15.9 Å². The van der Waals surface area contributed by atoms with Crippen molar-refractivity contribution in [2.75, 3.05) is 26.1 Å². The Hall–Kier alpha value is -1.43. The van der Waals surface area contributed by atoms with Crippen LogP contribution in [0.3, 0.4) is 0 Å². The van der Waals surface area contributed by atoms with Crippen molar-refractivity contribution in [3.05, 3.63) is 16.6 Å². The van der Waals surface area contributed by atoms with E-state index >= 15 is 0 Å². The molecule has 0 aliphatic carbocycles. The molecule has 1 aliphatic heterocycles. The highest BCUT2D eigenvalue weighted by Crippen LogP contribution is 2.36. The number of likely N-dealkylation sites (tertiary alicyclic amines) is 1. The summed E-state index contributed by atoms with van der Waals surface area (Å²) in [6, 6.07) is 3.72. The topological polar surface area (TPSA) is 50.8 Å². The molecule has 0 unspecified atom stereocenters. The maximum Gasteiger partial charge on any atom is 0.322 e. The van der Waals surface area contributed by atoms with E-state index in [0.29, 0.717) is 17.2 Å². The van der Waals surface area contributed by atoms with E-state index in [9.17, 15) is 4.79 Å². The Bertz CT molecular complexity index is 507. The van der Waals surface area contributed by atoms with Crippen LogP contribution in [-0.2, 0) is 0 Å². The van der Waals surface area contributed by atoms with Crippen LogP contribution < -0.4 is 14.8 Å². The maximum atomic E-state index is 12.3. The molecule has 1 aromatic rings. The molecular weight excluding hydrogens is 324 g/mol. The molecule has 0 radical (unpaired) electrons. The fourth-order valence-corrected chi connectivity index (χ4v) is 2.88. The van der Waals surface area contributed by atoms with E-state index in [2.05, 4.69) is 28.2 Å². The van der Waals surface area contributed by atoms with Gasteiger partial charge in [0.1, 0.15) is 11.5 Å². The predicted molar refractivity (Wildman–Crippen MR) is 81.7 cm³/mol. The van der Waals surface area contributed by atoms with E-state index < -0.39 is 0 Å². The predicted octanol–water partition coefficient (Wildman–Crippen LogP) is 3.48. The average molecular weight is 343 g/mol.